The molecule has 12 heteroatoms. The van der Waals surface area contributed by atoms with Crippen LogP contribution in [0.25, 0.3) is 0 Å². The second-order valence-electron chi connectivity index (χ2n) is 7.73. The lowest BCUT2D eigenvalue weighted by Crippen LogP contribution is -2.60. The monoisotopic (exact) mass is 432 g/mol. The number of carbonyl (C=O) groups excluding carboxylic acids is 3. The summed E-state index contributed by atoms with van der Waals surface area (Å²) in [7, 11) is 0. The van der Waals surface area contributed by atoms with Gasteiger partial charge < -0.3 is 37.0 Å². The second-order valence-corrected chi connectivity index (χ2v) is 7.73. The quantitative estimate of drug-likeness (QED) is 0.182. The molecule has 0 aromatic rings. The number of carboxylic acid groups (broad SMARTS) is 2. The van der Waals surface area contributed by atoms with Gasteiger partial charge in [0, 0.05) is 0 Å². The third-order valence-electron chi connectivity index (χ3n) is 4.27. The zero-order valence-electron chi connectivity index (χ0n) is 17.7. The number of amides is 3. The highest BCUT2D eigenvalue weighted by molar-refractivity contribution is 5.95. The molecule has 0 aromatic carbocycles. The molecule has 30 heavy (non-hydrogen) atoms. The molecule has 0 aliphatic heterocycles. The molecule has 0 spiro atoms. The number of carbonyl (C=O) groups is 5. The number of aliphatic hydroxyl groups is 1. The summed E-state index contributed by atoms with van der Waals surface area (Å²) >= 11 is 0. The largest absolute Gasteiger partial charge is 0.481 e. The highest BCUT2D eigenvalue weighted by Gasteiger charge is 2.34. The van der Waals surface area contributed by atoms with E-state index in [9.17, 15) is 29.1 Å². The van der Waals surface area contributed by atoms with Gasteiger partial charge in [-0.05, 0) is 18.8 Å². The molecular weight excluding hydrogens is 400 g/mol. The minimum atomic E-state index is -1.56. The maximum atomic E-state index is 12.7. The first-order valence-electron chi connectivity index (χ1n) is 9.48. The smallest absolute Gasteiger partial charge is 0.328 e. The SMILES string of the molecule is CC(C)C(NC(=O)C(N)CC(=O)O)C(=O)NC(C(=O)NC(C(=O)O)C(C)O)C(C)C. The average Bonchev–Trinajstić information content (AvgIpc) is 2.59. The molecule has 0 radical (unpaired) electrons. The van der Waals surface area contributed by atoms with Gasteiger partial charge in [-0.2, -0.15) is 0 Å². The summed E-state index contributed by atoms with van der Waals surface area (Å²) in [5.74, 6) is -5.96. The predicted molar refractivity (Wildman–Crippen MR) is 105 cm³/mol. The van der Waals surface area contributed by atoms with E-state index in [2.05, 4.69) is 16.0 Å². The Hall–Kier alpha value is -2.73. The van der Waals surface area contributed by atoms with Crippen LogP contribution in [0, 0.1) is 11.8 Å². The molecular formula is C18H32N4O8. The topological polar surface area (TPSA) is 208 Å². The van der Waals surface area contributed by atoms with Crippen LogP contribution in [0.3, 0.4) is 0 Å². The van der Waals surface area contributed by atoms with E-state index in [1.165, 1.54) is 6.92 Å². The van der Waals surface area contributed by atoms with Crippen LogP contribution in [0.1, 0.15) is 41.0 Å². The standard InChI is InChI=1S/C18H32N4O8/c1-7(2)12(20-15(26)10(19)6-11(24)25)16(27)21-13(8(3)4)17(28)22-14(9(5)23)18(29)30/h7-10,12-14,23H,6,19H2,1-5H3,(H,20,26)(H,21,27)(H,22,28)(H,24,25)(H,29,30). The van der Waals surface area contributed by atoms with E-state index in [0.29, 0.717) is 0 Å². The summed E-state index contributed by atoms with van der Waals surface area (Å²) in [6.07, 6.45) is -1.99. The molecule has 5 atom stereocenters. The first-order chi connectivity index (χ1) is 13.7. The van der Waals surface area contributed by atoms with Gasteiger partial charge in [0.25, 0.3) is 0 Å². The molecule has 0 aromatic heterocycles. The van der Waals surface area contributed by atoms with Gasteiger partial charge in [0.1, 0.15) is 12.1 Å². The molecule has 0 fully saturated rings. The van der Waals surface area contributed by atoms with Gasteiger partial charge in [-0.1, -0.05) is 27.7 Å². The number of nitrogens with two attached hydrogens (primary N) is 1. The van der Waals surface area contributed by atoms with Crippen molar-refractivity contribution < 1.29 is 39.3 Å². The fraction of sp³-hybridized carbons (Fsp3) is 0.722. The fourth-order valence-electron chi connectivity index (χ4n) is 2.49. The second kappa shape index (κ2) is 12.1. The van der Waals surface area contributed by atoms with Gasteiger partial charge in [0.15, 0.2) is 6.04 Å². The van der Waals surface area contributed by atoms with Crippen molar-refractivity contribution >= 4 is 29.7 Å². The van der Waals surface area contributed by atoms with Crippen molar-refractivity contribution in [1.29, 1.82) is 0 Å². The van der Waals surface area contributed by atoms with Crippen LogP contribution < -0.4 is 21.7 Å². The third-order valence-corrected chi connectivity index (χ3v) is 4.27. The van der Waals surface area contributed by atoms with Crippen molar-refractivity contribution in [3.63, 3.8) is 0 Å². The molecule has 0 heterocycles. The van der Waals surface area contributed by atoms with E-state index in [1.54, 1.807) is 27.7 Å². The Labute approximate surface area is 174 Å². The molecule has 0 rings (SSSR count). The van der Waals surface area contributed by atoms with Gasteiger partial charge in [-0.15, -0.1) is 0 Å². The Morgan fingerprint density at radius 1 is 0.733 bits per heavy atom. The molecule has 12 nitrogen and oxygen atoms in total. The van der Waals surface area contributed by atoms with Crippen LogP contribution in [0.4, 0.5) is 0 Å². The van der Waals surface area contributed by atoms with E-state index in [-0.39, 0.29) is 0 Å². The maximum absolute atomic E-state index is 12.7. The highest BCUT2D eigenvalue weighted by Crippen LogP contribution is 2.08. The summed E-state index contributed by atoms with van der Waals surface area (Å²) in [5, 5.41) is 34.4. The number of rotatable bonds is 12. The summed E-state index contributed by atoms with van der Waals surface area (Å²) in [5.41, 5.74) is 5.51. The zero-order valence-corrected chi connectivity index (χ0v) is 17.7. The number of aliphatic carboxylic acids is 2. The lowest BCUT2D eigenvalue weighted by molar-refractivity contribution is -0.145. The van der Waals surface area contributed by atoms with Crippen LogP contribution in [0.2, 0.25) is 0 Å². The van der Waals surface area contributed by atoms with Crippen LogP contribution in [-0.4, -0.2) is 75.3 Å². The van der Waals surface area contributed by atoms with Gasteiger partial charge >= 0.3 is 11.9 Å². The van der Waals surface area contributed by atoms with Crippen molar-refractivity contribution in [2.75, 3.05) is 0 Å². The van der Waals surface area contributed by atoms with Crippen molar-refractivity contribution in [2.45, 2.75) is 71.3 Å². The average molecular weight is 432 g/mol. The Kier molecular flexibility index (Phi) is 11.0. The molecule has 3 amide bonds. The number of nitrogens with one attached hydrogen (secondary N) is 3. The van der Waals surface area contributed by atoms with Crippen molar-refractivity contribution in [1.82, 2.24) is 16.0 Å². The normalized spacial score (nSPS) is 16.2. The van der Waals surface area contributed by atoms with Crippen molar-refractivity contribution in [3.8, 4) is 0 Å². The molecule has 5 unspecified atom stereocenters. The molecule has 0 saturated heterocycles. The number of carboxylic acids is 2. The number of hydrogen-bond acceptors (Lipinski definition) is 7. The molecule has 172 valence electrons. The van der Waals surface area contributed by atoms with Gasteiger partial charge in [0.05, 0.1) is 18.6 Å². The van der Waals surface area contributed by atoms with Gasteiger partial charge in [-0.3, -0.25) is 19.2 Å². The fourth-order valence-corrected chi connectivity index (χ4v) is 2.49. The number of aliphatic hydroxyl groups excluding tert-OH is 1. The summed E-state index contributed by atoms with van der Waals surface area (Å²) in [6, 6.07) is -5.18. The summed E-state index contributed by atoms with van der Waals surface area (Å²) in [4.78, 5) is 59.2. The van der Waals surface area contributed by atoms with Gasteiger partial charge in [-0.25, -0.2) is 4.79 Å². The molecule has 0 aliphatic rings. The third kappa shape index (κ3) is 8.74. The first-order valence-corrected chi connectivity index (χ1v) is 9.48. The van der Waals surface area contributed by atoms with Crippen LogP contribution >= 0.6 is 0 Å². The molecule has 8 N–H and O–H groups in total. The highest BCUT2D eigenvalue weighted by atomic mass is 16.4. The molecule has 0 bridgehead atoms. The van der Waals surface area contributed by atoms with E-state index >= 15 is 0 Å². The van der Waals surface area contributed by atoms with Crippen LogP contribution in [0.5, 0.6) is 0 Å². The van der Waals surface area contributed by atoms with Crippen LogP contribution in [0.15, 0.2) is 0 Å². The lowest BCUT2D eigenvalue weighted by Gasteiger charge is -2.28. The Morgan fingerprint density at radius 3 is 1.40 bits per heavy atom. The van der Waals surface area contributed by atoms with E-state index in [0.717, 1.165) is 0 Å². The Morgan fingerprint density at radius 2 is 1.10 bits per heavy atom. The summed E-state index contributed by atoms with van der Waals surface area (Å²) in [6.45, 7) is 7.70. The van der Waals surface area contributed by atoms with E-state index in [4.69, 9.17) is 15.9 Å². The van der Waals surface area contributed by atoms with Crippen molar-refractivity contribution in [2.24, 2.45) is 17.6 Å². The first kappa shape index (κ1) is 27.3. The maximum Gasteiger partial charge on any atom is 0.328 e. The lowest BCUT2D eigenvalue weighted by atomic mass is 9.98. The molecule has 0 saturated carbocycles. The Balaban J connectivity index is 5.36. The predicted octanol–water partition coefficient (Wildman–Crippen LogP) is -1.98. The minimum Gasteiger partial charge on any atom is -0.481 e. The van der Waals surface area contributed by atoms with Gasteiger partial charge in [0.2, 0.25) is 17.7 Å². The van der Waals surface area contributed by atoms with E-state index in [1.807, 2.05) is 0 Å². The summed E-state index contributed by atoms with van der Waals surface area (Å²) < 4.78 is 0. The number of hydrogen-bond donors (Lipinski definition) is 7. The zero-order chi connectivity index (χ0) is 23.8. The Bertz CT molecular complexity index is 650. The van der Waals surface area contributed by atoms with Crippen LogP contribution in [-0.2, 0) is 24.0 Å². The molecule has 0 aliphatic carbocycles. The van der Waals surface area contributed by atoms with Crippen molar-refractivity contribution in [3.05, 3.63) is 0 Å². The minimum absolute atomic E-state index is 0.425. The van der Waals surface area contributed by atoms with E-state index < -0.39 is 78.2 Å².